The zero-order valence-corrected chi connectivity index (χ0v) is 26.4. The van der Waals surface area contributed by atoms with Gasteiger partial charge < -0.3 is 5.41 Å². The van der Waals surface area contributed by atoms with Crippen LogP contribution in [0, 0.1) is 22.7 Å². The van der Waals surface area contributed by atoms with Gasteiger partial charge in [0.25, 0.3) is 0 Å². The van der Waals surface area contributed by atoms with E-state index in [2.05, 4.69) is 19.9 Å². The van der Waals surface area contributed by atoms with Gasteiger partial charge >= 0.3 is 0 Å². The molecule has 0 saturated heterocycles. The predicted molar refractivity (Wildman–Crippen MR) is 171 cm³/mol. The molecule has 0 aromatic heterocycles. The van der Waals surface area contributed by atoms with Gasteiger partial charge in [-0.25, -0.2) is 0 Å². The molecule has 0 spiro atoms. The normalized spacial score (nSPS) is 12.0. The van der Waals surface area contributed by atoms with Gasteiger partial charge in [-0.15, -0.1) is 0 Å². The van der Waals surface area contributed by atoms with Gasteiger partial charge in [0.15, 0.2) is 0 Å². The second-order valence-corrected chi connectivity index (χ2v) is 12.3. The first-order valence-corrected chi connectivity index (χ1v) is 17.7. The topological polar surface area (TPSA) is 47.6 Å². The Balaban J connectivity index is 3.41. The molecule has 0 unspecified atom stereocenters. The van der Waals surface area contributed by atoms with E-state index in [-0.39, 0.29) is 5.92 Å². The summed E-state index contributed by atoms with van der Waals surface area (Å²) in [5, 5.41) is 17.9. The second kappa shape index (κ2) is 32.4. The molecular formula is C36H70N2. The highest BCUT2D eigenvalue weighted by Gasteiger charge is 2.13. The van der Waals surface area contributed by atoms with Gasteiger partial charge in [-0.1, -0.05) is 194 Å². The summed E-state index contributed by atoms with van der Waals surface area (Å²) >= 11 is 0. The SMILES string of the molecule is CCCCCCCCCCCCCCCCCC(=N)[C@@H](C#N)CCCCCCCCCCCCCCCC. The maximum absolute atomic E-state index is 9.54. The molecule has 0 aliphatic heterocycles. The standard InChI is InChI=1S/C36H70N2/c1-3-5-7-9-11-13-15-17-19-21-23-25-27-29-31-33-36(38)35(34-37)32-30-28-26-24-22-20-18-16-14-12-10-8-6-4-2/h35,38H,3-33H2,1-2H3/t35-/m1/s1. The van der Waals surface area contributed by atoms with Crippen molar-refractivity contribution in [2.45, 2.75) is 213 Å². The van der Waals surface area contributed by atoms with E-state index in [9.17, 15) is 5.26 Å². The molecule has 0 aliphatic rings. The van der Waals surface area contributed by atoms with Gasteiger partial charge in [0.2, 0.25) is 0 Å². The number of rotatable bonds is 32. The predicted octanol–water partition coefficient (Wildman–Crippen LogP) is 13.3. The third-order valence-corrected chi connectivity index (χ3v) is 8.47. The van der Waals surface area contributed by atoms with Crippen molar-refractivity contribution in [2.24, 2.45) is 5.92 Å². The first-order chi connectivity index (χ1) is 18.8. The van der Waals surface area contributed by atoms with Crippen LogP contribution in [-0.2, 0) is 0 Å². The van der Waals surface area contributed by atoms with E-state index in [0.717, 1.165) is 25.7 Å². The summed E-state index contributed by atoms with van der Waals surface area (Å²) < 4.78 is 0. The maximum atomic E-state index is 9.54. The van der Waals surface area contributed by atoms with Gasteiger partial charge in [-0.2, -0.15) is 5.26 Å². The zero-order chi connectivity index (χ0) is 27.8. The third kappa shape index (κ3) is 28.2. The minimum absolute atomic E-state index is 0.126. The molecule has 2 heteroatoms. The fraction of sp³-hybridized carbons (Fsp3) is 0.944. The van der Waals surface area contributed by atoms with E-state index < -0.39 is 0 Å². The van der Waals surface area contributed by atoms with E-state index >= 15 is 0 Å². The fourth-order valence-electron chi connectivity index (χ4n) is 5.72. The maximum Gasteiger partial charge on any atom is 0.0838 e. The first-order valence-electron chi connectivity index (χ1n) is 17.7. The Bertz CT molecular complexity index is 506. The minimum Gasteiger partial charge on any atom is -0.308 e. The van der Waals surface area contributed by atoms with Crippen molar-refractivity contribution in [3.05, 3.63) is 0 Å². The molecule has 0 amide bonds. The summed E-state index contributed by atoms with van der Waals surface area (Å²) in [5.74, 6) is -0.126. The number of nitrogens with zero attached hydrogens (tertiary/aromatic N) is 1. The highest BCUT2D eigenvalue weighted by Crippen LogP contribution is 2.18. The average Bonchev–Trinajstić information content (AvgIpc) is 2.93. The largest absolute Gasteiger partial charge is 0.308 e. The number of nitrogens with one attached hydrogen (secondary N) is 1. The van der Waals surface area contributed by atoms with Gasteiger partial charge in [0.05, 0.1) is 12.0 Å². The van der Waals surface area contributed by atoms with Crippen LogP contribution in [0.25, 0.3) is 0 Å². The van der Waals surface area contributed by atoms with Crippen LogP contribution in [0.15, 0.2) is 0 Å². The molecule has 38 heavy (non-hydrogen) atoms. The third-order valence-electron chi connectivity index (χ3n) is 8.47. The van der Waals surface area contributed by atoms with Crippen molar-refractivity contribution in [1.82, 2.24) is 0 Å². The van der Waals surface area contributed by atoms with Crippen molar-refractivity contribution in [3.63, 3.8) is 0 Å². The lowest BCUT2D eigenvalue weighted by atomic mass is 9.93. The lowest BCUT2D eigenvalue weighted by Crippen LogP contribution is -2.11. The van der Waals surface area contributed by atoms with Crippen molar-refractivity contribution in [1.29, 1.82) is 10.7 Å². The first kappa shape index (κ1) is 37.2. The Kier molecular flexibility index (Phi) is 31.7. The summed E-state index contributed by atoms with van der Waals surface area (Å²) in [7, 11) is 0. The molecule has 0 aromatic rings. The van der Waals surface area contributed by atoms with Crippen LogP contribution in [0.3, 0.4) is 0 Å². The van der Waals surface area contributed by atoms with Gasteiger partial charge in [0.1, 0.15) is 0 Å². The Hall–Kier alpha value is -0.840. The quantitative estimate of drug-likeness (QED) is 0.0682. The summed E-state index contributed by atoms with van der Waals surface area (Å²) in [5.41, 5.74) is 0.705. The molecule has 224 valence electrons. The smallest absolute Gasteiger partial charge is 0.0838 e. The number of nitriles is 1. The van der Waals surface area contributed by atoms with E-state index in [4.69, 9.17) is 5.41 Å². The van der Waals surface area contributed by atoms with Gasteiger partial charge in [0, 0.05) is 5.71 Å². The molecule has 0 radical (unpaired) electrons. The van der Waals surface area contributed by atoms with Crippen LogP contribution in [0.2, 0.25) is 0 Å². The molecule has 0 aromatic carbocycles. The second-order valence-electron chi connectivity index (χ2n) is 12.3. The van der Waals surface area contributed by atoms with Crippen LogP contribution in [0.1, 0.15) is 213 Å². The fourth-order valence-corrected chi connectivity index (χ4v) is 5.72. The molecule has 0 aliphatic carbocycles. The zero-order valence-electron chi connectivity index (χ0n) is 26.4. The molecule has 2 nitrogen and oxygen atoms in total. The van der Waals surface area contributed by atoms with E-state index in [0.29, 0.717) is 5.71 Å². The Morgan fingerprint density at radius 1 is 0.447 bits per heavy atom. The van der Waals surface area contributed by atoms with Crippen LogP contribution < -0.4 is 0 Å². The lowest BCUT2D eigenvalue weighted by molar-refractivity contribution is 0.527. The molecule has 0 bridgehead atoms. The molecule has 0 saturated carbocycles. The van der Waals surface area contributed by atoms with Gasteiger partial charge in [-0.3, -0.25) is 0 Å². The highest BCUT2D eigenvalue weighted by molar-refractivity contribution is 5.85. The summed E-state index contributed by atoms with van der Waals surface area (Å²) in [6.45, 7) is 4.58. The molecule has 1 N–H and O–H groups in total. The summed E-state index contributed by atoms with van der Waals surface area (Å²) in [4.78, 5) is 0. The van der Waals surface area contributed by atoms with E-state index in [1.165, 1.54) is 173 Å². The van der Waals surface area contributed by atoms with Gasteiger partial charge in [-0.05, 0) is 19.3 Å². The van der Waals surface area contributed by atoms with Crippen LogP contribution in [0.5, 0.6) is 0 Å². The van der Waals surface area contributed by atoms with Crippen LogP contribution >= 0.6 is 0 Å². The van der Waals surface area contributed by atoms with Crippen molar-refractivity contribution >= 4 is 5.71 Å². The molecule has 0 fully saturated rings. The van der Waals surface area contributed by atoms with Crippen molar-refractivity contribution in [2.75, 3.05) is 0 Å². The van der Waals surface area contributed by atoms with Crippen LogP contribution in [0.4, 0.5) is 0 Å². The summed E-state index contributed by atoms with van der Waals surface area (Å²) in [6.07, 6.45) is 41.5. The Labute approximate surface area is 241 Å². The lowest BCUT2D eigenvalue weighted by Gasteiger charge is -2.11. The number of hydrogen-bond acceptors (Lipinski definition) is 2. The van der Waals surface area contributed by atoms with Crippen molar-refractivity contribution in [3.8, 4) is 6.07 Å². The Morgan fingerprint density at radius 3 is 1.00 bits per heavy atom. The minimum atomic E-state index is -0.126. The number of unbranched alkanes of at least 4 members (excludes halogenated alkanes) is 27. The van der Waals surface area contributed by atoms with Crippen molar-refractivity contribution < 1.29 is 0 Å². The van der Waals surface area contributed by atoms with E-state index in [1.807, 2.05) is 0 Å². The average molecular weight is 531 g/mol. The summed E-state index contributed by atoms with van der Waals surface area (Å²) in [6, 6.07) is 2.43. The number of hydrogen-bond donors (Lipinski definition) is 1. The monoisotopic (exact) mass is 531 g/mol. The molecular weight excluding hydrogens is 460 g/mol. The molecule has 0 heterocycles. The van der Waals surface area contributed by atoms with E-state index in [1.54, 1.807) is 0 Å². The molecule has 1 atom stereocenters. The van der Waals surface area contributed by atoms with Crippen LogP contribution in [-0.4, -0.2) is 5.71 Å². The molecule has 0 rings (SSSR count). The Morgan fingerprint density at radius 2 is 0.711 bits per heavy atom. The highest BCUT2D eigenvalue weighted by atomic mass is 14.4.